The summed E-state index contributed by atoms with van der Waals surface area (Å²) < 4.78 is 10.9. The number of halogens is 1. The first-order valence-electron chi connectivity index (χ1n) is 8.13. The van der Waals surface area contributed by atoms with Crippen LogP contribution in [-0.2, 0) is 0 Å². The Kier molecular flexibility index (Phi) is 6.09. The molecule has 3 rings (SSSR count). The number of furan rings is 1. The van der Waals surface area contributed by atoms with Crippen molar-refractivity contribution in [2.75, 3.05) is 17.2 Å². The van der Waals surface area contributed by atoms with Crippen LogP contribution in [0.1, 0.15) is 20.9 Å². The third kappa shape index (κ3) is 4.99. The molecule has 8 heteroatoms. The number of nitriles is 1. The maximum atomic E-state index is 12.5. The summed E-state index contributed by atoms with van der Waals surface area (Å²) in [5, 5.41) is 14.0. The zero-order valence-electron chi connectivity index (χ0n) is 14.4. The second-order valence-electron chi connectivity index (χ2n) is 5.57. The van der Waals surface area contributed by atoms with Crippen LogP contribution in [0.15, 0.2) is 69.8 Å². The van der Waals surface area contributed by atoms with Crippen LogP contribution < -0.4 is 15.4 Å². The lowest BCUT2D eigenvalue weighted by atomic mass is 10.1. The van der Waals surface area contributed by atoms with Crippen LogP contribution >= 0.6 is 15.9 Å². The molecule has 0 unspecified atom stereocenters. The highest BCUT2D eigenvalue weighted by Crippen LogP contribution is 2.20. The molecule has 7 nitrogen and oxygen atoms in total. The van der Waals surface area contributed by atoms with Crippen molar-refractivity contribution in [1.82, 2.24) is 0 Å². The molecule has 0 bridgehead atoms. The number of hydrogen-bond donors (Lipinski definition) is 2. The number of carbonyl (C=O) groups is 2. The largest absolute Gasteiger partial charge is 0.479 e. The maximum Gasteiger partial charge on any atom is 0.291 e. The molecular formula is C20H14BrN3O4. The second-order valence-corrected chi connectivity index (χ2v) is 6.35. The molecular weight excluding hydrogens is 426 g/mol. The second kappa shape index (κ2) is 8.88. The van der Waals surface area contributed by atoms with Gasteiger partial charge in [0.2, 0.25) is 0 Å². The molecule has 28 heavy (non-hydrogen) atoms. The van der Waals surface area contributed by atoms with Crippen molar-refractivity contribution < 1.29 is 18.7 Å². The summed E-state index contributed by atoms with van der Waals surface area (Å²) >= 11 is 3.14. The van der Waals surface area contributed by atoms with Crippen molar-refractivity contribution in [3.8, 4) is 11.8 Å². The molecule has 0 saturated heterocycles. The predicted molar refractivity (Wildman–Crippen MR) is 106 cm³/mol. The van der Waals surface area contributed by atoms with Crippen molar-refractivity contribution in [1.29, 1.82) is 5.26 Å². The molecule has 0 aliphatic heterocycles. The smallest absolute Gasteiger partial charge is 0.291 e. The molecule has 1 aromatic heterocycles. The zero-order chi connectivity index (χ0) is 19.9. The monoisotopic (exact) mass is 439 g/mol. The highest BCUT2D eigenvalue weighted by atomic mass is 79.9. The maximum absolute atomic E-state index is 12.5. The minimum Gasteiger partial charge on any atom is -0.479 e. The molecule has 0 atom stereocenters. The van der Waals surface area contributed by atoms with Crippen LogP contribution in [0, 0.1) is 11.3 Å². The lowest BCUT2D eigenvalue weighted by Gasteiger charge is -2.09. The van der Waals surface area contributed by atoms with Crippen molar-refractivity contribution >= 4 is 39.1 Å². The van der Waals surface area contributed by atoms with Crippen molar-refractivity contribution in [3.63, 3.8) is 0 Å². The fraction of sp³-hybridized carbons (Fsp3) is 0.0500. The van der Waals surface area contributed by atoms with Crippen LogP contribution in [0.5, 0.6) is 5.75 Å². The Morgan fingerprint density at radius 1 is 1.00 bits per heavy atom. The molecule has 0 fully saturated rings. The zero-order valence-corrected chi connectivity index (χ0v) is 16.0. The van der Waals surface area contributed by atoms with Crippen LogP contribution in [0.4, 0.5) is 11.4 Å². The minimum atomic E-state index is -0.425. The molecule has 140 valence electrons. The third-order valence-corrected chi connectivity index (χ3v) is 4.00. The average molecular weight is 440 g/mol. The number of anilines is 2. The van der Waals surface area contributed by atoms with E-state index in [9.17, 15) is 9.59 Å². The van der Waals surface area contributed by atoms with Crippen LogP contribution in [0.25, 0.3) is 0 Å². The van der Waals surface area contributed by atoms with E-state index in [0.717, 1.165) is 0 Å². The molecule has 0 aliphatic rings. The Morgan fingerprint density at radius 2 is 1.71 bits per heavy atom. The highest BCUT2D eigenvalue weighted by Gasteiger charge is 2.12. The lowest BCUT2D eigenvalue weighted by molar-refractivity contribution is 0.0992. The van der Waals surface area contributed by atoms with Gasteiger partial charge in [0.1, 0.15) is 11.8 Å². The summed E-state index contributed by atoms with van der Waals surface area (Å²) in [6.45, 7) is -0.0780. The molecule has 2 N–H and O–H groups in total. The van der Waals surface area contributed by atoms with Gasteiger partial charge in [-0.3, -0.25) is 9.59 Å². The number of nitrogens with zero attached hydrogens (tertiary/aromatic N) is 1. The first-order valence-corrected chi connectivity index (χ1v) is 8.92. The molecule has 2 aromatic carbocycles. The summed E-state index contributed by atoms with van der Waals surface area (Å²) in [5.74, 6) is -0.152. The third-order valence-electron chi connectivity index (χ3n) is 3.57. The van der Waals surface area contributed by atoms with Gasteiger partial charge in [0.05, 0.1) is 0 Å². The van der Waals surface area contributed by atoms with E-state index in [2.05, 4.69) is 26.6 Å². The molecule has 0 aliphatic carbocycles. The van der Waals surface area contributed by atoms with E-state index in [0.29, 0.717) is 27.4 Å². The standard InChI is InChI=1S/C20H14BrN3O4/c21-18-8-7-17(28-18)20(26)24-14-4-1-3-13(11-14)19(25)23-15-5-2-6-16(12-15)27-10-9-22/h1-8,11-12H,10H2,(H,23,25)(H,24,26). The Labute approximate surface area is 169 Å². The Morgan fingerprint density at radius 3 is 2.43 bits per heavy atom. The Balaban J connectivity index is 1.68. The van der Waals surface area contributed by atoms with E-state index in [4.69, 9.17) is 14.4 Å². The van der Waals surface area contributed by atoms with E-state index in [-0.39, 0.29) is 18.3 Å². The van der Waals surface area contributed by atoms with E-state index >= 15 is 0 Å². The number of carbonyl (C=O) groups excluding carboxylic acids is 2. The van der Waals surface area contributed by atoms with Crippen molar-refractivity contribution in [3.05, 3.63) is 76.7 Å². The van der Waals surface area contributed by atoms with E-state index in [1.807, 2.05) is 6.07 Å². The number of nitrogens with one attached hydrogen (secondary N) is 2. The summed E-state index contributed by atoms with van der Waals surface area (Å²) in [5.41, 5.74) is 1.34. The summed E-state index contributed by atoms with van der Waals surface area (Å²) in [7, 11) is 0. The van der Waals surface area contributed by atoms with Crippen molar-refractivity contribution in [2.45, 2.75) is 0 Å². The van der Waals surface area contributed by atoms with Gasteiger partial charge in [-0.15, -0.1) is 0 Å². The van der Waals surface area contributed by atoms with Gasteiger partial charge in [0.15, 0.2) is 17.0 Å². The van der Waals surface area contributed by atoms with Gasteiger partial charge in [0, 0.05) is 23.0 Å². The summed E-state index contributed by atoms with van der Waals surface area (Å²) in [6, 6.07) is 18.3. The highest BCUT2D eigenvalue weighted by molar-refractivity contribution is 9.10. The summed E-state index contributed by atoms with van der Waals surface area (Å²) in [6.07, 6.45) is 0. The lowest BCUT2D eigenvalue weighted by Crippen LogP contribution is -2.14. The normalized spacial score (nSPS) is 10.0. The first-order chi connectivity index (χ1) is 13.5. The van der Waals surface area contributed by atoms with Gasteiger partial charge in [-0.1, -0.05) is 12.1 Å². The van der Waals surface area contributed by atoms with E-state index < -0.39 is 5.91 Å². The fourth-order valence-electron chi connectivity index (χ4n) is 2.35. The molecule has 2 amide bonds. The van der Waals surface area contributed by atoms with Gasteiger partial charge in [0.25, 0.3) is 11.8 Å². The quantitative estimate of drug-likeness (QED) is 0.590. The van der Waals surface area contributed by atoms with E-state index in [1.165, 1.54) is 6.07 Å². The summed E-state index contributed by atoms with van der Waals surface area (Å²) in [4.78, 5) is 24.7. The topological polar surface area (TPSA) is 104 Å². The number of ether oxygens (including phenoxy) is 1. The Bertz CT molecular complexity index is 1060. The van der Waals surface area contributed by atoms with Gasteiger partial charge < -0.3 is 19.8 Å². The average Bonchev–Trinajstić information content (AvgIpc) is 3.13. The van der Waals surface area contributed by atoms with Crippen LogP contribution in [-0.4, -0.2) is 18.4 Å². The number of benzene rings is 2. The van der Waals surface area contributed by atoms with Gasteiger partial charge in [-0.25, -0.2) is 0 Å². The molecule has 0 saturated carbocycles. The number of amides is 2. The van der Waals surface area contributed by atoms with Crippen LogP contribution in [0.3, 0.4) is 0 Å². The van der Waals surface area contributed by atoms with Crippen LogP contribution in [0.2, 0.25) is 0 Å². The molecule has 0 spiro atoms. The first kappa shape index (κ1) is 19.2. The molecule has 3 aromatic rings. The van der Waals surface area contributed by atoms with Gasteiger partial charge in [-0.2, -0.15) is 5.26 Å². The predicted octanol–water partition coefficient (Wildman–Crippen LogP) is 4.45. The van der Waals surface area contributed by atoms with Crippen molar-refractivity contribution in [2.24, 2.45) is 0 Å². The molecule has 0 radical (unpaired) electrons. The number of hydrogen-bond acceptors (Lipinski definition) is 5. The Hall–Kier alpha value is -3.57. The van der Waals surface area contributed by atoms with Gasteiger partial charge in [-0.05, 0) is 58.4 Å². The van der Waals surface area contributed by atoms with E-state index in [1.54, 1.807) is 54.6 Å². The fourth-order valence-corrected chi connectivity index (χ4v) is 2.66. The van der Waals surface area contributed by atoms with Gasteiger partial charge >= 0.3 is 0 Å². The SMILES string of the molecule is N#CCOc1cccc(NC(=O)c2cccc(NC(=O)c3ccc(Br)o3)c2)c1. The number of rotatable bonds is 6. The molecule has 1 heterocycles. The minimum absolute atomic E-state index is 0.0780.